The van der Waals surface area contributed by atoms with Crippen molar-refractivity contribution in [2.24, 2.45) is 0 Å². The molecule has 0 aliphatic rings. The predicted octanol–water partition coefficient (Wildman–Crippen LogP) is 3.37. The van der Waals surface area contributed by atoms with Gasteiger partial charge in [-0.3, -0.25) is 0 Å². The summed E-state index contributed by atoms with van der Waals surface area (Å²) in [5.74, 6) is -0.813. The third-order valence-electron chi connectivity index (χ3n) is 3.05. The van der Waals surface area contributed by atoms with Crippen LogP contribution in [0.2, 0.25) is 0 Å². The first-order valence-corrected chi connectivity index (χ1v) is 6.57. The fourth-order valence-corrected chi connectivity index (χ4v) is 2.04. The number of benzene rings is 1. The zero-order chi connectivity index (χ0) is 12.5. The zero-order valence-corrected chi connectivity index (χ0v) is 10.6. The van der Waals surface area contributed by atoms with Crippen LogP contribution in [0.4, 0.5) is 0 Å². The van der Waals surface area contributed by atoms with E-state index in [0.29, 0.717) is 5.56 Å². The van der Waals surface area contributed by atoms with Crippen LogP contribution in [0.3, 0.4) is 0 Å². The molecule has 1 N–H and O–H groups in total. The second-order valence-corrected chi connectivity index (χ2v) is 4.48. The summed E-state index contributed by atoms with van der Waals surface area (Å²) in [6, 6.07) is 7.32. The quantitative estimate of drug-likeness (QED) is 0.584. The van der Waals surface area contributed by atoms with Crippen LogP contribution < -0.4 is 0 Å². The number of carboxylic acids is 1. The molecule has 0 aliphatic carbocycles. The van der Waals surface area contributed by atoms with Crippen molar-refractivity contribution in [2.75, 3.05) is 0 Å². The van der Waals surface area contributed by atoms with Gasteiger partial charge in [0.2, 0.25) is 0 Å². The van der Waals surface area contributed by atoms with Crippen molar-refractivity contribution in [3.8, 4) is 0 Å². The Morgan fingerprint density at radius 3 is 2.33 bits per heavy atom. The third-order valence-corrected chi connectivity index (χ3v) is 3.05. The van der Waals surface area contributed by atoms with Gasteiger partial charge >= 0.3 is 43.7 Å². The molecule has 0 atom stereocenters. The minimum absolute atomic E-state index is 0. The first-order valence-electron chi connectivity index (χ1n) is 6.57. The Morgan fingerprint density at radius 1 is 1.06 bits per heavy atom. The molecule has 3 heteroatoms. The van der Waals surface area contributed by atoms with E-state index in [2.05, 4.69) is 6.92 Å². The summed E-state index contributed by atoms with van der Waals surface area (Å²) in [6.45, 7) is 2.21. The van der Waals surface area contributed by atoms with Gasteiger partial charge in [0.05, 0.1) is 5.56 Å². The van der Waals surface area contributed by atoms with E-state index in [-0.39, 0.29) is 37.7 Å². The number of hydrogen-bond acceptors (Lipinski definition) is 1. The topological polar surface area (TPSA) is 37.3 Å². The van der Waals surface area contributed by atoms with Crippen molar-refractivity contribution in [1.29, 1.82) is 0 Å². The van der Waals surface area contributed by atoms with Gasteiger partial charge < -0.3 is 5.11 Å². The molecule has 0 amide bonds. The van der Waals surface area contributed by atoms with Gasteiger partial charge in [-0.15, -0.1) is 0 Å². The first kappa shape index (κ1) is 17.9. The number of unbranched alkanes of at least 4 members (excludes halogenated alkanes) is 5. The molecule has 0 aromatic heterocycles. The number of hydrogen-bond donors (Lipinski definition) is 1. The van der Waals surface area contributed by atoms with Crippen molar-refractivity contribution in [2.45, 2.75) is 51.9 Å². The van der Waals surface area contributed by atoms with Crippen LogP contribution >= 0.6 is 0 Å². The molecule has 18 heavy (non-hydrogen) atoms. The van der Waals surface area contributed by atoms with Crippen LogP contribution in [-0.2, 0) is 6.42 Å². The first-order chi connectivity index (χ1) is 8.25. The Balaban J connectivity index is 0.00000289. The van der Waals surface area contributed by atoms with E-state index >= 15 is 0 Å². The van der Waals surface area contributed by atoms with Crippen LogP contribution in [0, 0.1) is 0 Å². The van der Waals surface area contributed by atoms with Gasteiger partial charge in [0.15, 0.2) is 0 Å². The van der Waals surface area contributed by atoms with Gasteiger partial charge in [0, 0.05) is 0 Å². The Kier molecular flexibility index (Phi) is 10.8. The molecule has 0 unspecified atom stereocenters. The summed E-state index contributed by atoms with van der Waals surface area (Å²) in [7, 11) is 0. The van der Waals surface area contributed by atoms with Crippen molar-refractivity contribution >= 4 is 43.7 Å². The molecule has 0 spiro atoms. The molecule has 0 heterocycles. The fraction of sp³-hybridized carbons (Fsp3) is 0.533. The summed E-state index contributed by atoms with van der Waals surface area (Å²) in [6.07, 6.45) is 8.32. The molecule has 0 fully saturated rings. The summed E-state index contributed by atoms with van der Waals surface area (Å²) < 4.78 is 0. The maximum absolute atomic E-state index is 11.0. The second kappa shape index (κ2) is 10.8. The van der Waals surface area contributed by atoms with Crippen molar-refractivity contribution in [1.82, 2.24) is 0 Å². The van der Waals surface area contributed by atoms with Crippen LogP contribution in [0.25, 0.3) is 0 Å². The number of carboxylic acid groups (broad SMARTS) is 1. The standard InChI is InChI=1S/C15H22O2.Ca.2H/c1-2-3-4-5-6-7-10-13-11-8-9-12-14(13)15(16)17;;;/h8-9,11-12H,2-7,10H2,1H3,(H,16,17);;;. The Morgan fingerprint density at radius 2 is 1.67 bits per heavy atom. The average Bonchev–Trinajstić information content (AvgIpc) is 2.34. The molecule has 0 bridgehead atoms. The van der Waals surface area contributed by atoms with Crippen molar-refractivity contribution in [3.05, 3.63) is 35.4 Å². The van der Waals surface area contributed by atoms with E-state index in [1.165, 1.54) is 32.1 Å². The normalized spacial score (nSPS) is 9.83. The summed E-state index contributed by atoms with van der Waals surface area (Å²) in [4.78, 5) is 11.0. The molecule has 1 aromatic carbocycles. The van der Waals surface area contributed by atoms with Crippen LogP contribution in [0.15, 0.2) is 24.3 Å². The van der Waals surface area contributed by atoms with Crippen LogP contribution in [0.1, 0.15) is 61.4 Å². The zero-order valence-electron chi connectivity index (χ0n) is 10.6. The monoisotopic (exact) mass is 276 g/mol. The van der Waals surface area contributed by atoms with E-state index in [1.807, 2.05) is 12.1 Å². The van der Waals surface area contributed by atoms with Crippen molar-refractivity contribution < 1.29 is 9.90 Å². The SMILES string of the molecule is CCCCCCCCc1ccccc1C(=O)O.[CaH2]. The molecule has 0 aliphatic heterocycles. The van der Waals surface area contributed by atoms with E-state index in [0.717, 1.165) is 18.4 Å². The molecule has 0 saturated heterocycles. The van der Waals surface area contributed by atoms with E-state index in [9.17, 15) is 4.79 Å². The summed E-state index contributed by atoms with van der Waals surface area (Å²) in [5, 5.41) is 9.04. The van der Waals surface area contributed by atoms with Gasteiger partial charge in [0.25, 0.3) is 0 Å². The van der Waals surface area contributed by atoms with E-state index in [1.54, 1.807) is 12.1 Å². The van der Waals surface area contributed by atoms with Gasteiger partial charge in [-0.25, -0.2) is 4.79 Å². The second-order valence-electron chi connectivity index (χ2n) is 4.48. The number of aromatic carboxylic acids is 1. The molecule has 1 rings (SSSR count). The molecule has 0 saturated carbocycles. The third kappa shape index (κ3) is 6.77. The summed E-state index contributed by atoms with van der Waals surface area (Å²) >= 11 is 0. The molecule has 0 radical (unpaired) electrons. The fourth-order valence-electron chi connectivity index (χ4n) is 2.04. The Bertz CT molecular complexity index is 350. The van der Waals surface area contributed by atoms with Gasteiger partial charge in [0.1, 0.15) is 0 Å². The van der Waals surface area contributed by atoms with E-state index < -0.39 is 5.97 Å². The molecule has 2 nitrogen and oxygen atoms in total. The average molecular weight is 276 g/mol. The van der Waals surface area contributed by atoms with Crippen LogP contribution in [0.5, 0.6) is 0 Å². The minimum atomic E-state index is -0.813. The Hall–Kier alpha value is -0.0503. The van der Waals surface area contributed by atoms with Crippen LogP contribution in [-0.4, -0.2) is 48.8 Å². The van der Waals surface area contributed by atoms with E-state index in [4.69, 9.17) is 5.11 Å². The Labute approximate surface area is 140 Å². The molecule has 1 aromatic rings. The molecular formula is C15H24CaO2. The van der Waals surface area contributed by atoms with Gasteiger partial charge in [-0.05, 0) is 24.5 Å². The number of rotatable bonds is 8. The molecule has 98 valence electrons. The molecular weight excluding hydrogens is 252 g/mol. The maximum atomic E-state index is 11.0. The number of aryl methyl sites for hydroxylation is 1. The predicted molar refractivity (Wildman–Crippen MR) is 79.0 cm³/mol. The van der Waals surface area contributed by atoms with Crippen molar-refractivity contribution in [3.63, 3.8) is 0 Å². The van der Waals surface area contributed by atoms with Gasteiger partial charge in [-0.2, -0.15) is 0 Å². The summed E-state index contributed by atoms with van der Waals surface area (Å²) in [5.41, 5.74) is 1.43. The van der Waals surface area contributed by atoms with Gasteiger partial charge in [-0.1, -0.05) is 57.2 Å². The number of carbonyl (C=O) groups is 1.